The number of hydrogen-bond donors (Lipinski definition) is 0. The van der Waals surface area contributed by atoms with Crippen molar-refractivity contribution in [2.24, 2.45) is 0 Å². The van der Waals surface area contributed by atoms with Gasteiger partial charge in [0.1, 0.15) is 11.1 Å². The highest BCUT2D eigenvalue weighted by Crippen LogP contribution is 2.22. The molecule has 0 bridgehead atoms. The van der Waals surface area contributed by atoms with Crippen LogP contribution in [0.15, 0.2) is 33.5 Å². The minimum Gasteiger partial charge on any atom is -0.422 e. The maximum absolute atomic E-state index is 11.6. The Labute approximate surface area is 126 Å². The van der Waals surface area contributed by atoms with Crippen LogP contribution in [0.3, 0.4) is 0 Å². The molecule has 2 rings (SSSR count). The molecule has 6 nitrogen and oxygen atoms in total. The largest absolute Gasteiger partial charge is 0.422 e. The summed E-state index contributed by atoms with van der Waals surface area (Å²) in [7, 11) is 0. The molecule has 1 aromatic carbocycles. The number of nitrogens with zero attached hydrogens (tertiary/aromatic N) is 3. The second-order valence-electron chi connectivity index (χ2n) is 4.63. The van der Waals surface area contributed by atoms with Crippen molar-refractivity contribution in [3.8, 4) is 12.1 Å². The van der Waals surface area contributed by atoms with Gasteiger partial charge in [-0.1, -0.05) is 0 Å². The Morgan fingerprint density at radius 3 is 2.41 bits per heavy atom. The molecule has 1 heterocycles. The Morgan fingerprint density at radius 1 is 1.14 bits per heavy atom. The molecule has 0 spiro atoms. The summed E-state index contributed by atoms with van der Waals surface area (Å²) in [5.74, 6) is 0. The molecular weight excluding hydrogens is 282 g/mol. The summed E-state index contributed by atoms with van der Waals surface area (Å²) in [6.45, 7) is 0.973. The van der Waals surface area contributed by atoms with Crippen molar-refractivity contribution in [1.82, 2.24) is 0 Å². The van der Waals surface area contributed by atoms with Crippen LogP contribution < -0.4 is 10.5 Å². The SMILES string of the molecule is N#CCCN(CCC#N)c1ccc2cc(C=O)c(=O)oc2c1. The molecule has 6 heteroatoms. The van der Waals surface area contributed by atoms with Crippen LogP contribution in [0.25, 0.3) is 11.0 Å². The van der Waals surface area contributed by atoms with Crippen molar-refractivity contribution in [2.75, 3.05) is 18.0 Å². The summed E-state index contributed by atoms with van der Waals surface area (Å²) in [6, 6.07) is 10.9. The van der Waals surface area contributed by atoms with Crippen molar-refractivity contribution in [3.05, 3.63) is 40.2 Å². The summed E-state index contributed by atoms with van der Waals surface area (Å²) < 4.78 is 5.14. The molecule has 0 amide bonds. The van der Waals surface area contributed by atoms with E-state index in [1.54, 1.807) is 12.1 Å². The molecule has 2 aromatic rings. The molecular formula is C16H13N3O3. The average Bonchev–Trinajstić information content (AvgIpc) is 2.54. The molecule has 0 N–H and O–H groups in total. The molecule has 0 radical (unpaired) electrons. The van der Waals surface area contributed by atoms with Crippen LogP contribution in [0.5, 0.6) is 0 Å². The zero-order chi connectivity index (χ0) is 15.9. The second kappa shape index (κ2) is 7.05. The maximum atomic E-state index is 11.6. The highest BCUT2D eigenvalue weighted by molar-refractivity contribution is 5.86. The minimum atomic E-state index is -0.680. The number of benzene rings is 1. The Morgan fingerprint density at radius 2 is 1.82 bits per heavy atom. The summed E-state index contributed by atoms with van der Waals surface area (Å²) in [4.78, 5) is 24.2. The van der Waals surface area contributed by atoms with Gasteiger partial charge in [-0.3, -0.25) is 4.79 Å². The molecule has 22 heavy (non-hydrogen) atoms. The summed E-state index contributed by atoms with van der Waals surface area (Å²) in [6.07, 6.45) is 1.13. The predicted octanol–water partition coefficient (Wildman–Crippen LogP) is 2.24. The lowest BCUT2D eigenvalue weighted by Crippen LogP contribution is -2.25. The normalized spacial score (nSPS) is 9.91. The number of nitriles is 2. The van der Waals surface area contributed by atoms with Crippen LogP contribution in [0.1, 0.15) is 23.2 Å². The summed E-state index contributed by atoms with van der Waals surface area (Å²) in [5, 5.41) is 18.1. The molecule has 0 unspecified atom stereocenters. The van der Waals surface area contributed by atoms with E-state index in [2.05, 4.69) is 12.1 Å². The highest BCUT2D eigenvalue weighted by Gasteiger charge is 2.10. The standard InChI is InChI=1S/C16H13N3O3/c17-5-1-7-19(8-2-6-18)14-4-3-12-9-13(11-20)16(21)22-15(12)10-14/h3-4,9-11H,1-2,7-8H2. The number of aldehydes is 1. The van der Waals surface area contributed by atoms with E-state index >= 15 is 0 Å². The molecule has 0 aliphatic heterocycles. The van der Waals surface area contributed by atoms with Crippen molar-refractivity contribution < 1.29 is 9.21 Å². The van der Waals surface area contributed by atoms with E-state index in [1.165, 1.54) is 6.07 Å². The smallest absolute Gasteiger partial charge is 0.346 e. The van der Waals surface area contributed by atoms with Gasteiger partial charge in [-0.05, 0) is 18.2 Å². The van der Waals surface area contributed by atoms with Crippen LogP contribution in [-0.4, -0.2) is 19.4 Å². The lowest BCUT2D eigenvalue weighted by Gasteiger charge is -2.22. The fourth-order valence-electron chi connectivity index (χ4n) is 2.13. The first kappa shape index (κ1) is 15.3. The van der Waals surface area contributed by atoms with Gasteiger partial charge in [0, 0.05) is 30.2 Å². The minimum absolute atomic E-state index is 0.0222. The topological polar surface area (TPSA) is 98.1 Å². The predicted molar refractivity (Wildman–Crippen MR) is 80.5 cm³/mol. The molecule has 1 aromatic heterocycles. The fourth-order valence-corrected chi connectivity index (χ4v) is 2.13. The lowest BCUT2D eigenvalue weighted by atomic mass is 10.1. The second-order valence-corrected chi connectivity index (χ2v) is 4.63. The Kier molecular flexibility index (Phi) is 4.89. The third-order valence-corrected chi connectivity index (χ3v) is 3.23. The van der Waals surface area contributed by atoms with E-state index in [9.17, 15) is 9.59 Å². The Bertz CT molecular complexity index is 809. The van der Waals surface area contributed by atoms with E-state index in [4.69, 9.17) is 14.9 Å². The molecule has 0 aliphatic rings. The highest BCUT2D eigenvalue weighted by atomic mass is 16.4. The maximum Gasteiger partial charge on any atom is 0.346 e. The third kappa shape index (κ3) is 3.31. The first-order chi connectivity index (χ1) is 10.7. The molecule has 0 atom stereocenters. The Balaban J connectivity index is 2.41. The monoisotopic (exact) mass is 295 g/mol. The fraction of sp³-hybridized carbons (Fsp3) is 0.250. The third-order valence-electron chi connectivity index (χ3n) is 3.23. The zero-order valence-corrected chi connectivity index (χ0v) is 11.8. The van der Waals surface area contributed by atoms with Crippen molar-refractivity contribution in [3.63, 3.8) is 0 Å². The van der Waals surface area contributed by atoms with Gasteiger partial charge < -0.3 is 9.32 Å². The van der Waals surface area contributed by atoms with E-state index < -0.39 is 5.63 Å². The van der Waals surface area contributed by atoms with Crippen LogP contribution in [0.2, 0.25) is 0 Å². The average molecular weight is 295 g/mol. The van der Waals surface area contributed by atoms with Gasteiger partial charge >= 0.3 is 5.63 Å². The van der Waals surface area contributed by atoms with Crippen LogP contribution in [0, 0.1) is 22.7 Å². The molecule has 110 valence electrons. The Hall–Kier alpha value is -3.12. The number of fused-ring (bicyclic) bond motifs is 1. The summed E-state index contributed by atoms with van der Waals surface area (Å²) >= 11 is 0. The van der Waals surface area contributed by atoms with Gasteiger partial charge in [0.15, 0.2) is 6.29 Å². The van der Waals surface area contributed by atoms with Crippen molar-refractivity contribution in [1.29, 1.82) is 10.5 Å². The number of anilines is 1. The zero-order valence-electron chi connectivity index (χ0n) is 11.8. The van der Waals surface area contributed by atoms with E-state index in [1.807, 2.05) is 11.0 Å². The first-order valence-electron chi connectivity index (χ1n) is 6.71. The van der Waals surface area contributed by atoms with Gasteiger partial charge in [-0.25, -0.2) is 4.79 Å². The first-order valence-corrected chi connectivity index (χ1v) is 6.71. The summed E-state index contributed by atoms with van der Waals surface area (Å²) in [5.41, 5.74) is 0.429. The van der Waals surface area contributed by atoms with E-state index in [0.29, 0.717) is 43.2 Å². The van der Waals surface area contributed by atoms with E-state index in [-0.39, 0.29) is 5.56 Å². The molecule has 0 fully saturated rings. The van der Waals surface area contributed by atoms with Gasteiger partial charge in [-0.2, -0.15) is 10.5 Å². The quantitative estimate of drug-likeness (QED) is 0.598. The van der Waals surface area contributed by atoms with Gasteiger partial charge in [0.2, 0.25) is 0 Å². The lowest BCUT2D eigenvalue weighted by molar-refractivity contribution is 0.112. The number of rotatable bonds is 6. The molecule has 0 aliphatic carbocycles. The van der Waals surface area contributed by atoms with Gasteiger partial charge in [0.05, 0.1) is 25.0 Å². The van der Waals surface area contributed by atoms with Crippen LogP contribution in [0.4, 0.5) is 5.69 Å². The van der Waals surface area contributed by atoms with Crippen molar-refractivity contribution >= 4 is 22.9 Å². The number of carbonyl (C=O) groups is 1. The van der Waals surface area contributed by atoms with E-state index in [0.717, 1.165) is 5.69 Å². The van der Waals surface area contributed by atoms with Gasteiger partial charge in [0.25, 0.3) is 0 Å². The number of hydrogen-bond acceptors (Lipinski definition) is 6. The van der Waals surface area contributed by atoms with Crippen molar-refractivity contribution in [2.45, 2.75) is 12.8 Å². The van der Waals surface area contributed by atoms with Gasteiger partial charge in [-0.15, -0.1) is 0 Å². The van der Waals surface area contributed by atoms with Crippen LogP contribution in [-0.2, 0) is 0 Å². The van der Waals surface area contributed by atoms with Crippen LogP contribution >= 0.6 is 0 Å². The molecule has 0 saturated heterocycles. The molecule has 0 saturated carbocycles. The number of carbonyl (C=O) groups excluding carboxylic acids is 1.